The van der Waals surface area contributed by atoms with E-state index < -0.39 is 37.3 Å². The van der Waals surface area contributed by atoms with Crippen LogP contribution >= 0.6 is 0 Å². The van der Waals surface area contributed by atoms with E-state index in [1.54, 1.807) is 48.5 Å². The van der Waals surface area contributed by atoms with Crippen LogP contribution in [-0.2, 0) is 38.7 Å². The summed E-state index contributed by atoms with van der Waals surface area (Å²) >= 11 is 0. The molecular weight excluding hydrogens is 494 g/mol. The molecule has 0 fully saturated rings. The van der Waals surface area contributed by atoms with Gasteiger partial charge in [0, 0.05) is 18.2 Å². The minimum absolute atomic E-state index is 0. The molecule has 0 spiro atoms. The first-order valence-corrected chi connectivity index (χ1v) is 11.3. The SMILES string of the molecule is O=C(/C=C\C(=O)OS(=O)(=O)C=Cc1ccccc1)OC(=Cc1ccccc1)S(=O)(=O)O.[H-].[H-].[Na+].[Na+]. The zero-order chi connectivity index (χ0) is 22.9. The normalized spacial score (nSPS) is 12.0. The van der Waals surface area contributed by atoms with E-state index in [4.69, 9.17) is 0 Å². The van der Waals surface area contributed by atoms with E-state index in [1.807, 2.05) is 0 Å². The Labute approximate surface area is 238 Å². The summed E-state index contributed by atoms with van der Waals surface area (Å²) in [5.74, 6) is -2.79. The number of hydrogen-bond donors (Lipinski definition) is 1. The third-order valence-electron chi connectivity index (χ3n) is 3.32. The Kier molecular flexibility index (Phi) is 14.0. The van der Waals surface area contributed by atoms with Crippen molar-refractivity contribution in [3.63, 3.8) is 0 Å². The number of hydrogen-bond acceptors (Lipinski definition) is 8. The summed E-state index contributed by atoms with van der Waals surface area (Å²) in [5.41, 5.74) is 0.854. The Morgan fingerprint density at radius 2 is 1.27 bits per heavy atom. The smallest absolute Gasteiger partial charge is 1.00 e. The number of rotatable bonds is 8. The van der Waals surface area contributed by atoms with Gasteiger partial charge in [-0.2, -0.15) is 16.8 Å². The van der Waals surface area contributed by atoms with Crippen LogP contribution in [0, 0.1) is 0 Å². The average molecular weight is 512 g/mol. The summed E-state index contributed by atoms with van der Waals surface area (Å²) in [4.78, 5) is 23.4. The second-order valence-corrected chi connectivity index (χ2v) is 8.49. The van der Waals surface area contributed by atoms with Gasteiger partial charge in [-0.3, -0.25) is 4.55 Å². The summed E-state index contributed by atoms with van der Waals surface area (Å²) in [5, 5.41) is -0.425. The van der Waals surface area contributed by atoms with Crippen molar-refractivity contribution >= 4 is 44.3 Å². The Balaban J connectivity index is -0.00000256. The number of carbonyl (C=O) groups excluding carboxylic acids is 2. The fraction of sp³-hybridized carbons (Fsp3) is 0. The maximum Gasteiger partial charge on any atom is 1.00 e. The fourth-order valence-corrected chi connectivity index (χ4v) is 3.14. The Hall–Kier alpha value is -1.54. The van der Waals surface area contributed by atoms with Crippen LogP contribution < -0.4 is 59.1 Å². The molecule has 0 saturated heterocycles. The van der Waals surface area contributed by atoms with Gasteiger partial charge in [0.15, 0.2) is 0 Å². The first kappa shape index (κ1) is 31.5. The molecule has 2 aromatic carbocycles. The summed E-state index contributed by atoms with van der Waals surface area (Å²) in [6, 6.07) is 16.1. The molecule has 9 nitrogen and oxygen atoms in total. The monoisotopic (exact) mass is 512 g/mol. The molecule has 33 heavy (non-hydrogen) atoms. The van der Waals surface area contributed by atoms with Crippen molar-refractivity contribution in [2.75, 3.05) is 0 Å². The van der Waals surface area contributed by atoms with Crippen LogP contribution in [0.15, 0.2) is 83.3 Å². The van der Waals surface area contributed by atoms with Crippen molar-refractivity contribution in [3.05, 3.63) is 94.4 Å². The van der Waals surface area contributed by atoms with Crippen LogP contribution in [0.1, 0.15) is 14.0 Å². The van der Waals surface area contributed by atoms with Gasteiger partial charge in [-0.05, 0) is 17.2 Å². The van der Waals surface area contributed by atoms with Gasteiger partial charge in [-0.25, -0.2) is 9.59 Å². The Morgan fingerprint density at radius 1 is 0.788 bits per heavy atom. The van der Waals surface area contributed by atoms with Crippen LogP contribution in [0.2, 0.25) is 0 Å². The van der Waals surface area contributed by atoms with Crippen LogP contribution in [0.4, 0.5) is 0 Å². The van der Waals surface area contributed by atoms with E-state index in [9.17, 15) is 31.0 Å². The quantitative estimate of drug-likeness (QED) is 0.0964. The number of carbonyl (C=O) groups is 2. The maximum atomic E-state index is 11.8. The summed E-state index contributed by atoms with van der Waals surface area (Å²) < 4.78 is 64.3. The van der Waals surface area contributed by atoms with Crippen LogP contribution in [-0.4, -0.2) is 33.3 Å². The second kappa shape index (κ2) is 14.7. The zero-order valence-electron chi connectivity index (χ0n) is 19.7. The van der Waals surface area contributed by atoms with Gasteiger partial charge in [0.1, 0.15) is 0 Å². The van der Waals surface area contributed by atoms with Crippen molar-refractivity contribution in [3.8, 4) is 0 Å². The zero-order valence-corrected chi connectivity index (χ0v) is 23.3. The molecule has 0 radical (unpaired) electrons. The van der Waals surface area contributed by atoms with E-state index in [-0.39, 0.29) is 62.0 Å². The van der Waals surface area contributed by atoms with Crippen molar-refractivity contribution in [1.29, 1.82) is 0 Å². The fourth-order valence-electron chi connectivity index (χ4n) is 2.01. The molecule has 0 aliphatic rings. The van der Waals surface area contributed by atoms with Gasteiger partial charge < -0.3 is 11.8 Å². The molecule has 1 N–H and O–H groups in total. The van der Waals surface area contributed by atoms with Crippen LogP contribution in [0.5, 0.6) is 0 Å². The van der Waals surface area contributed by atoms with E-state index in [2.05, 4.69) is 8.92 Å². The molecule has 0 aliphatic heterocycles. The topological polar surface area (TPSA) is 141 Å². The summed E-state index contributed by atoms with van der Waals surface area (Å²) in [6.45, 7) is 0. The van der Waals surface area contributed by atoms with Crippen LogP contribution in [0.3, 0.4) is 0 Å². The Morgan fingerprint density at radius 3 is 1.79 bits per heavy atom. The van der Waals surface area contributed by atoms with Crippen molar-refractivity contribution < 1.29 is 102 Å². The molecule has 0 aromatic heterocycles. The number of benzene rings is 2. The predicted molar refractivity (Wildman–Crippen MR) is 114 cm³/mol. The molecule has 0 atom stereocenters. The molecule has 13 heteroatoms. The minimum Gasteiger partial charge on any atom is -1.00 e. The van der Waals surface area contributed by atoms with Gasteiger partial charge in [-0.15, -0.1) is 0 Å². The van der Waals surface area contributed by atoms with Crippen LogP contribution in [0.25, 0.3) is 12.2 Å². The predicted octanol–water partition coefficient (Wildman–Crippen LogP) is -3.25. The Bertz CT molecular complexity index is 1250. The number of esters is 1. The second-order valence-electron chi connectivity index (χ2n) is 5.71. The van der Waals surface area contributed by atoms with Gasteiger partial charge >= 0.3 is 91.3 Å². The molecule has 2 rings (SSSR count). The summed E-state index contributed by atoms with van der Waals surface area (Å²) in [7, 11) is -9.29. The van der Waals surface area contributed by atoms with E-state index in [0.29, 0.717) is 28.7 Å². The van der Waals surface area contributed by atoms with Gasteiger partial charge in [-0.1, -0.05) is 60.7 Å². The van der Waals surface area contributed by atoms with Crippen molar-refractivity contribution in [1.82, 2.24) is 0 Å². The largest absolute Gasteiger partial charge is 1.00 e. The molecular formula is C20H18Na2O9S2. The molecule has 2 aromatic rings. The van der Waals surface area contributed by atoms with Gasteiger partial charge in [0.05, 0.1) is 5.41 Å². The summed E-state index contributed by atoms with van der Waals surface area (Å²) in [6.07, 6.45) is 2.97. The standard InChI is InChI=1S/C20H16O9S2.2Na.2H/c21-18(28-20(31(25,26)27)15-17-9-5-2-6-10-17)11-12-19(22)29-30(23,24)14-13-16-7-3-1-4-8-16;;;;/h1-15H,(H,25,26,27);;;;/q;2*+1;2*-1/b12-11-,14-13?,20-15?;;;;. The molecule has 0 heterocycles. The van der Waals surface area contributed by atoms with E-state index in [1.165, 1.54) is 18.2 Å². The third kappa shape index (κ3) is 12.5. The van der Waals surface area contributed by atoms with Crippen molar-refractivity contribution in [2.24, 2.45) is 0 Å². The first-order chi connectivity index (χ1) is 14.5. The molecule has 0 bridgehead atoms. The van der Waals surface area contributed by atoms with E-state index >= 15 is 0 Å². The van der Waals surface area contributed by atoms with Crippen molar-refractivity contribution in [2.45, 2.75) is 0 Å². The maximum absolute atomic E-state index is 11.8. The molecule has 0 amide bonds. The first-order valence-electron chi connectivity index (χ1n) is 8.41. The molecule has 0 unspecified atom stereocenters. The average Bonchev–Trinajstić information content (AvgIpc) is 2.71. The molecule has 0 aliphatic carbocycles. The molecule has 0 saturated carbocycles. The minimum atomic E-state index is -4.90. The van der Waals surface area contributed by atoms with Gasteiger partial charge in [0.2, 0.25) is 5.09 Å². The third-order valence-corrected chi connectivity index (χ3v) is 4.90. The molecule has 166 valence electrons. The van der Waals surface area contributed by atoms with E-state index in [0.717, 1.165) is 6.08 Å². The van der Waals surface area contributed by atoms with Gasteiger partial charge in [0.25, 0.3) is 0 Å². The number of ether oxygens (including phenoxy) is 1.